The first-order valence-corrected chi connectivity index (χ1v) is 10.7. The molecule has 3 aromatic rings. The first kappa shape index (κ1) is 21.8. The lowest BCUT2D eigenvalue weighted by Gasteiger charge is -2.36. The second-order valence-corrected chi connectivity index (χ2v) is 7.75. The highest BCUT2D eigenvalue weighted by atomic mass is 16.5. The van der Waals surface area contributed by atoms with Crippen LogP contribution < -0.4 is 19.9 Å². The number of piperazine rings is 1. The van der Waals surface area contributed by atoms with Gasteiger partial charge in [-0.05, 0) is 30.3 Å². The minimum Gasteiger partial charge on any atom is -0.490 e. The summed E-state index contributed by atoms with van der Waals surface area (Å²) >= 11 is 0. The number of pyridine rings is 1. The first-order valence-electron chi connectivity index (χ1n) is 10.7. The molecule has 7 heteroatoms. The number of anilines is 1. The topological polar surface area (TPSA) is 78.0 Å². The Hall–Kier alpha value is -3.47. The molecule has 2 heterocycles. The van der Waals surface area contributed by atoms with Gasteiger partial charge in [0.15, 0.2) is 0 Å². The van der Waals surface area contributed by atoms with E-state index >= 15 is 0 Å². The lowest BCUT2D eigenvalue weighted by molar-refractivity contribution is 0.0668. The predicted octanol–water partition coefficient (Wildman–Crippen LogP) is 2.10. The Bertz CT molecular complexity index is 1130. The molecule has 1 aliphatic rings. The van der Waals surface area contributed by atoms with Crippen molar-refractivity contribution < 1.29 is 14.6 Å². The fourth-order valence-electron chi connectivity index (χ4n) is 3.93. The van der Waals surface area contributed by atoms with E-state index in [2.05, 4.69) is 45.0 Å². The van der Waals surface area contributed by atoms with Gasteiger partial charge in [0.05, 0.1) is 5.52 Å². The van der Waals surface area contributed by atoms with Crippen LogP contribution in [0.3, 0.4) is 0 Å². The van der Waals surface area contributed by atoms with Gasteiger partial charge in [0, 0.05) is 49.9 Å². The summed E-state index contributed by atoms with van der Waals surface area (Å²) in [4.78, 5) is 19.2. The number of para-hydroxylation sites is 1. The zero-order valence-corrected chi connectivity index (χ0v) is 17.9. The van der Waals surface area contributed by atoms with E-state index in [1.54, 1.807) is 18.2 Å². The zero-order chi connectivity index (χ0) is 22.3. The van der Waals surface area contributed by atoms with Crippen LogP contribution in [-0.2, 0) is 0 Å². The van der Waals surface area contributed by atoms with Crippen molar-refractivity contribution in [1.82, 2.24) is 9.88 Å². The number of fused-ring (bicyclic) bond motifs is 1. The Morgan fingerprint density at radius 1 is 1.00 bits per heavy atom. The Morgan fingerprint density at radius 3 is 2.50 bits per heavy atom. The highest BCUT2D eigenvalue weighted by Gasteiger charge is 2.20. The number of benzene rings is 2. The summed E-state index contributed by atoms with van der Waals surface area (Å²) in [6.07, 6.45) is 4.64. The molecule has 0 spiro atoms. The molecule has 0 aliphatic carbocycles. The number of aromatic nitrogens is 1. The predicted molar refractivity (Wildman–Crippen MR) is 125 cm³/mol. The van der Waals surface area contributed by atoms with Crippen LogP contribution in [0.1, 0.15) is 0 Å². The average molecular weight is 434 g/mol. The third-order valence-electron chi connectivity index (χ3n) is 5.52. The molecule has 1 saturated heterocycles. The van der Waals surface area contributed by atoms with E-state index in [4.69, 9.17) is 15.9 Å². The van der Waals surface area contributed by atoms with E-state index in [1.807, 2.05) is 6.07 Å². The number of aliphatic hydroxyl groups excluding tert-OH is 1. The third kappa shape index (κ3) is 5.22. The van der Waals surface area contributed by atoms with Gasteiger partial charge in [0.25, 0.3) is 0 Å². The number of terminal acetylenes is 1. The van der Waals surface area contributed by atoms with Gasteiger partial charge in [0.1, 0.15) is 30.8 Å². The molecule has 1 fully saturated rings. The van der Waals surface area contributed by atoms with Crippen molar-refractivity contribution in [2.24, 2.45) is 0 Å². The zero-order valence-electron chi connectivity index (χ0n) is 17.9. The van der Waals surface area contributed by atoms with Crippen LogP contribution in [-0.4, -0.2) is 67.0 Å². The number of β-amino-alcohol motifs (C(OH)–C–C–N with tert-alkyl or cyclic N) is 1. The minimum absolute atomic E-state index is 0.0997. The maximum Gasteiger partial charge on any atom is 0.248 e. The molecule has 1 unspecified atom stereocenters. The SMILES string of the molecule is C#CCOc1ccc(OCC(O)CN2CCN(c3ccccc3)CC2)c2ccc(=O)[nH]c12. The van der Waals surface area contributed by atoms with Crippen LogP contribution in [0, 0.1) is 12.3 Å². The summed E-state index contributed by atoms with van der Waals surface area (Å²) in [5, 5.41) is 11.2. The fourth-order valence-corrected chi connectivity index (χ4v) is 3.93. The molecule has 166 valence electrons. The van der Waals surface area contributed by atoms with E-state index in [0.717, 1.165) is 26.2 Å². The van der Waals surface area contributed by atoms with Crippen LogP contribution in [0.2, 0.25) is 0 Å². The molecule has 1 atom stereocenters. The summed E-state index contributed by atoms with van der Waals surface area (Å²) in [7, 11) is 0. The van der Waals surface area contributed by atoms with Gasteiger partial charge in [-0.25, -0.2) is 0 Å². The number of aromatic amines is 1. The second-order valence-electron chi connectivity index (χ2n) is 7.75. The van der Waals surface area contributed by atoms with Gasteiger partial charge < -0.3 is 24.5 Å². The van der Waals surface area contributed by atoms with Crippen molar-refractivity contribution in [2.75, 3.05) is 50.8 Å². The molecule has 0 bridgehead atoms. The number of nitrogens with one attached hydrogen (secondary N) is 1. The van der Waals surface area contributed by atoms with Gasteiger partial charge in [0.2, 0.25) is 5.56 Å². The molecule has 4 rings (SSSR count). The normalized spacial score (nSPS) is 15.3. The largest absolute Gasteiger partial charge is 0.490 e. The number of rotatable bonds is 8. The van der Waals surface area contributed by atoms with Crippen molar-refractivity contribution in [3.63, 3.8) is 0 Å². The number of H-pyrrole nitrogens is 1. The standard InChI is InChI=1S/C25H27N3O4/c1-2-16-31-23-10-9-22(21-8-11-24(30)26-25(21)23)32-18-20(29)17-27-12-14-28(15-13-27)19-6-4-3-5-7-19/h1,3-11,20,29H,12-18H2,(H,26,30). The molecule has 0 amide bonds. The van der Waals surface area contributed by atoms with Crippen LogP contribution in [0.4, 0.5) is 5.69 Å². The third-order valence-corrected chi connectivity index (χ3v) is 5.52. The van der Waals surface area contributed by atoms with E-state index in [1.165, 1.54) is 11.8 Å². The lowest BCUT2D eigenvalue weighted by Crippen LogP contribution is -2.49. The molecule has 1 aliphatic heterocycles. The van der Waals surface area contributed by atoms with Crippen LogP contribution in [0.5, 0.6) is 11.5 Å². The van der Waals surface area contributed by atoms with E-state index in [9.17, 15) is 9.90 Å². The maximum atomic E-state index is 11.8. The summed E-state index contributed by atoms with van der Waals surface area (Å²) in [5.41, 5.74) is 1.52. The number of aliphatic hydroxyl groups is 1. The van der Waals surface area contributed by atoms with Crippen molar-refractivity contribution in [1.29, 1.82) is 0 Å². The lowest BCUT2D eigenvalue weighted by atomic mass is 10.2. The number of hydrogen-bond donors (Lipinski definition) is 2. The quantitative estimate of drug-likeness (QED) is 0.530. The van der Waals surface area contributed by atoms with Crippen LogP contribution >= 0.6 is 0 Å². The smallest absolute Gasteiger partial charge is 0.248 e. The molecule has 32 heavy (non-hydrogen) atoms. The summed E-state index contributed by atoms with van der Waals surface area (Å²) in [6.45, 7) is 4.42. The molecule has 7 nitrogen and oxygen atoms in total. The number of hydrogen-bond acceptors (Lipinski definition) is 6. The molecular formula is C25H27N3O4. The Labute approximate surface area is 187 Å². The fraction of sp³-hybridized carbons (Fsp3) is 0.320. The van der Waals surface area contributed by atoms with Crippen molar-refractivity contribution in [2.45, 2.75) is 6.10 Å². The highest BCUT2D eigenvalue weighted by molar-refractivity contribution is 5.89. The highest BCUT2D eigenvalue weighted by Crippen LogP contribution is 2.31. The molecule has 1 aromatic heterocycles. The van der Waals surface area contributed by atoms with Crippen LogP contribution in [0.15, 0.2) is 59.4 Å². The van der Waals surface area contributed by atoms with Crippen molar-refractivity contribution in [3.05, 3.63) is 65.0 Å². The molecule has 0 saturated carbocycles. The second kappa shape index (κ2) is 10.2. The molecule has 2 aromatic carbocycles. The molecular weight excluding hydrogens is 406 g/mol. The van der Waals surface area contributed by atoms with Crippen LogP contribution in [0.25, 0.3) is 10.9 Å². The minimum atomic E-state index is -0.631. The van der Waals surface area contributed by atoms with Gasteiger partial charge in [-0.3, -0.25) is 9.69 Å². The Morgan fingerprint density at radius 2 is 1.75 bits per heavy atom. The maximum absolute atomic E-state index is 11.8. The Kier molecular flexibility index (Phi) is 6.95. The average Bonchev–Trinajstić information content (AvgIpc) is 2.82. The van der Waals surface area contributed by atoms with Crippen molar-refractivity contribution in [3.8, 4) is 23.8 Å². The van der Waals surface area contributed by atoms with Gasteiger partial charge >= 0.3 is 0 Å². The van der Waals surface area contributed by atoms with Crippen molar-refractivity contribution >= 4 is 16.6 Å². The summed E-state index contributed by atoms with van der Waals surface area (Å²) in [5.74, 6) is 3.47. The van der Waals surface area contributed by atoms with E-state index < -0.39 is 6.10 Å². The molecule has 2 N–H and O–H groups in total. The van der Waals surface area contributed by atoms with Gasteiger partial charge in [-0.15, -0.1) is 6.42 Å². The molecule has 0 radical (unpaired) electrons. The van der Waals surface area contributed by atoms with E-state index in [-0.39, 0.29) is 18.8 Å². The number of nitrogens with zero attached hydrogens (tertiary/aromatic N) is 2. The summed E-state index contributed by atoms with van der Waals surface area (Å²) in [6, 6.07) is 17.0. The monoisotopic (exact) mass is 433 g/mol. The first-order chi connectivity index (χ1) is 15.6. The van der Waals surface area contributed by atoms with Gasteiger partial charge in [-0.1, -0.05) is 24.1 Å². The van der Waals surface area contributed by atoms with Gasteiger partial charge in [-0.2, -0.15) is 0 Å². The summed E-state index contributed by atoms with van der Waals surface area (Å²) < 4.78 is 11.4. The number of ether oxygens (including phenoxy) is 2. The van der Waals surface area contributed by atoms with E-state index in [0.29, 0.717) is 28.9 Å². The Balaban J connectivity index is 1.34.